The van der Waals surface area contributed by atoms with Crippen molar-refractivity contribution in [2.24, 2.45) is 11.1 Å². The molecule has 2 N–H and O–H groups in total. The highest BCUT2D eigenvalue weighted by Gasteiger charge is 2.38. The predicted octanol–water partition coefficient (Wildman–Crippen LogP) is 2.79. The second-order valence-electron chi connectivity index (χ2n) is 9.90. The van der Waals surface area contributed by atoms with Crippen LogP contribution in [0.3, 0.4) is 0 Å². The van der Waals surface area contributed by atoms with E-state index in [9.17, 15) is 14.4 Å². The zero-order valence-corrected chi connectivity index (χ0v) is 17.9. The Morgan fingerprint density at radius 1 is 1.07 bits per heavy atom. The molecule has 2 rings (SSSR count). The Labute approximate surface area is 168 Å². The summed E-state index contributed by atoms with van der Waals surface area (Å²) in [5, 5.41) is 0. The van der Waals surface area contributed by atoms with E-state index < -0.39 is 11.9 Å². The smallest absolute Gasteiger partial charge is 0.240 e. The molecule has 1 atom stereocenters. The number of rotatable bonds is 4. The van der Waals surface area contributed by atoms with Crippen LogP contribution in [0.1, 0.15) is 65.5 Å². The Hall–Kier alpha value is -2.37. The maximum atomic E-state index is 12.8. The Morgan fingerprint density at radius 2 is 1.64 bits per heavy atom. The molecule has 154 valence electrons. The molecule has 0 aliphatic carbocycles. The van der Waals surface area contributed by atoms with Gasteiger partial charge in [0.1, 0.15) is 6.04 Å². The molecule has 0 aromatic heterocycles. The third-order valence-electron chi connectivity index (χ3n) is 4.94. The molecule has 1 aliphatic heterocycles. The minimum Gasteiger partial charge on any atom is -0.368 e. The van der Waals surface area contributed by atoms with Crippen molar-refractivity contribution in [3.05, 3.63) is 35.4 Å². The predicted molar refractivity (Wildman–Crippen MR) is 109 cm³/mol. The summed E-state index contributed by atoms with van der Waals surface area (Å²) < 4.78 is 0. The summed E-state index contributed by atoms with van der Waals surface area (Å²) in [6, 6.07) is 7.28. The molecule has 1 saturated heterocycles. The SMILES string of the molecule is CC(C)(C)CC(=O)N1CN(Cc2ccc(C(C)(C)C)cc2)C(=O)CC1C(N)=O. The summed E-state index contributed by atoms with van der Waals surface area (Å²) in [6.45, 7) is 12.8. The van der Waals surface area contributed by atoms with Crippen LogP contribution in [-0.2, 0) is 26.3 Å². The minimum atomic E-state index is -0.873. The van der Waals surface area contributed by atoms with Crippen LogP contribution in [0.25, 0.3) is 0 Å². The highest BCUT2D eigenvalue weighted by molar-refractivity contribution is 5.93. The number of carbonyl (C=O) groups excluding carboxylic acids is 3. The maximum Gasteiger partial charge on any atom is 0.240 e. The van der Waals surface area contributed by atoms with Gasteiger partial charge in [-0.25, -0.2) is 0 Å². The van der Waals surface area contributed by atoms with Crippen LogP contribution in [-0.4, -0.2) is 40.2 Å². The molecule has 0 radical (unpaired) electrons. The largest absolute Gasteiger partial charge is 0.368 e. The fourth-order valence-corrected chi connectivity index (χ4v) is 3.30. The third-order valence-corrected chi connectivity index (χ3v) is 4.94. The monoisotopic (exact) mass is 387 g/mol. The lowest BCUT2D eigenvalue weighted by molar-refractivity contribution is -0.156. The lowest BCUT2D eigenvalue weighted by atomic mass is 9.86. The normalized spacial score (nSPS) is 18.4. The molecule has 1 heterocycles. The van der Waals surface area contributed by atoms with Gasteiger partial charge in [-0.2, -0.15) is 0 Å². The number of benzene rings is 1. The summed E-state index contributed by atoms with van der Waals surface area (Å²) in [5.41, 5.74) is 7.53. The van der Waals surface area contributed by atoms with Gasteiger partial charge in [-0.15, -0.1) is 0 Å². The van der Waals surface area contributed by atoms with E-state index in [1.165, 1.54) is 10.5 Å². The zero-order valence-electron chi connectivity index (χ0n) is 17.9. The van der Waals surface area contributed by atoms with E-state index in [-0.39, 0.29) is 35.7 Å². The standard InChI is InChI=1S/C22H33N3O3/c1-21(2,3)12-19(27)25-14-24(18(26)11-17(25)20(23)28)13-15-7-9-16(10-8-15)22(4,5)6/h7-10,17H,11-14H2,1-6H3,(H2,23,28). The van der Waals surface area contributed by atoms with Crippen molar-refractivity contribution in [2.75, 3.05) is 6.67 Å². The van der Waals surface area contributed by atoms with E-state index >= 15 is 0 Å². The van der Waals surface area contributed by atoms with E-state index in [1.807, 2.05) is 32.9 Å². The van der Waals surface area contributed by atoms with Crippen molar-refractivity contribution >= 4 is 17.7 Å². The summed E-state index contributed by atoms with van der Waals surface area (Å²) in [6.07, 6.45) is 0.227. The summed E-state index contributed by atoms with van der Waals surface area (Å²) >= 11 is 0. The number of nitrogens with zero attached hydrogens (tertiary/aromatic N) is 2. The highest BCUT2D eigenvalue weighted by Crippen LogP contribution is 2.26. The number of carbonyl (C=O) groups is 3. The second kappa shape index (κ2) is 7.94. The van der Waals surface area contributed by atoms with Crippen LogP contribution in [0.2, 0.25) is 0 Å². The molecule has 1 fully saturated rings. The lowest BCUT2D eigenvalue weighted by Gasteiger charge is -2.40. The molecule has 1 aromatic rings. The molecule has 0 spiro atoms. The highest BCUT2D eigenvalue weighted by atomic mass is 16.2. The van der Waals surface area contributed by atoms with Gasteiger partial charge < -0.3 is 15.5 Å². The molecule has 6 heteroatoms. The first-order valence-corrected chi connectivity index (χ1v) is 9.74. The molecule has 0 saturated carbocycles. The molecule has 1 aliphatic rings. The van der Waals surface area contributed by atoms with Crippen molar-refractivity contribution in [3.63, 3.8) is 0 Å². The van der Waals surface area contributed by atoms with Gasteiger partial charge in [-0.3, -0.25) is 14.4 Å². The van der Waals surface area contributed by atoms with Gasteiger partial charge in [0.05, 0.1) is 13.1 Å². The average Bonchev–Trinajstić information content (AvgIpc) is 2.54. The van der Waals surface area contributed by atoms with Crippen LogP contribution in [0.5, 0.6) is 0 Å². The Morgan fingerprint density at radius 3 is 2.11 bits per heavy atom. The number of primary amides is 1. The molecular formula is C22H33N3O3. The number of hydrogen-bond donors (Lipinski definition) is 1. The van der Waals surface area contributed by atoms with E-state index in [0.29, 0.717) is 13.0 Å². The van der Waals surface area contributed by atoms with Gasteiger partial charge in [-0.05, 0) is 22.0 Å². The Kier molecular flexibility index (Phi) is 6.21. The first kappa shape index (κ1) is 21.9. The number of nitrogens with two attached hydrogens (primary N) is 1. The van der Waals surface area contributed by atoms with E-state index in [4.69, 9.17) is 5.73 Å². The van der Waals surface area contributed by atoms with Crippen molar-refractivity contribution in [1.82, 2.24) is 9.80 Å². The molecule has 1 aromatic carbocycles. The van der Waals surface area contributed by atoms with Crippen molar-refractivity contribution in [1.29, 1.82) is 0 Å². The van der Waals surface area contributed by atoms with Crippen LogP contribution < -0.4 is 5.73 Å². The zero-order chi connectivity index (χ0) is 21.3. The first-order chi connectivity index (χ1) is 12.8. The third kappa shape index (κ3) is 5.57. The molecule has 3 amide bonds. The molecular weight excluding hydrogens is 354 g/mol. The van der Waals surface area contributed by atoms with Crippen LogP contribution in [0.4, 0.5) is 0 Å². The Balaban J connectivity index is 2.17. The fraction of sp³-hybridized carbons (Fsp3) is 0.591. The van der Waals surface area contributed by atoms with Crippen molar-refractivity contribution in [3.8, 4) is 0 Å². The van der Waals surface area contributed by atoms with Crippen molar-refractivity contribution < 1.29 is 14.4 Å². The van der Waals surface area contributed by atoms with E-state index in [1.54, 1.807) is 4.90 Å². The molecule has 6 nitrogen and oxygen atoms in total. The van der Waals surface area contributed by atoms with Gasteiger partial charge in [0.2, 0.25) is 17.7 Å². The van der Waals surface area contributed by atoms with Crippen LogP contribution in [0.15, 0.2) is 24.3 Å². The van der Waals surface area contributed by atoms with Crippen LogP contribution >= 0.6 is 0 Å². The molecule has 1 unspecified atom stereocenters. The summed E-state index contributed by atoms with van der Waals surface area (Å²) in [5.74, 6) is -0.954. The fourth-order valence-electron chi connectivity index (χ4n) is 3.30. The van der Waals surface area contributed by atoms with Gasteiger partial charge >= 0.3 is 0 Å². The average molecular weight is 388 g/mol. The van der Waals surface area contributed by atoms with Crippen molar-refractivity contribution in [2.45, 2.75) is 72.4 Å². The second-order valence-corrected chi connectivity index (χ2v) is 9.90. The molecule has 0 bridgehead atoms. The lowest BCUT2D eigenvalue weighted by Crippen LogP contribution is -2.59. The number of amides is 3. The minimum absolute atomic E-state index is 0.0599. The summed E-state index contributed by atoms with van der Waals surface area (Å²) in [4.78, 5) is 40.3. The Bertz CT molecular complexity index is 742. The number of hydrogen-bond acceptors (Lipinski definition) is 3. The van der Waals surface area contributed by atoms with E-state index in [0.717, 1.165) is 5.56 Å². The van der Waals surface area contributed by atoms with Crippen LogP contribution in [0, 0.1) is 5.41 Å². The maximum absolute atomic E-state index is 12.8. The van der Waals surface area contributed by atoms with Gasteiger partial charge in [0.25, 0.3) is 0 Å². The topological polar surface area (TPSA) is 83.7 Å². The van der Waals surface area contributed by atoms with Gasteiger partial charge in [0.15, 0.2) is 0 Å². The summed E-state index contributed by atoms with van der Waals surface area (Å²) in [7, 11) is 0. The first-order valence-electron chi connectivity index (χ1n) is 9.74. The van der Waals surface area contributed by atoms with E-state index in [2.05, 4.69) is 32.9 Å². The quantitative estimate of drug-likeness (QED) is 0.862. The van der Waals surface area contributed by atoms with Gasteiger partial charge in [-0.1, -0.05) is 65.8 Å². The van der Waals surface area contributed by atoms with Gasteiger partial charge in [0, 0.05) is 13.0 Å². The molecule has 28 heavy (non-hydrogen) atoms.